The molecule has 1 heterocycles. The average molecular weight is 580 g/mol. The summed E-state index contributed by atoms with van der Waals surface area (Å²) in [5, 5.41) is 26.3. The predicted molar refractivity (Wildman–Crippen MR) is 130 cm³/mol. The quantitative estimate of drug-likeness (QED) is 0.210. The molecule has 37 heavy (non-hydrogen) atoms. The van der Waals surface area contributed by atoms with E-state index in [0.717, 1.165) is 5.56 Å². The van der Waals surface area contributed by atoms with E-state index in [2.05, 4.69) is 5.16 Å². The van der Waals surface area contributed by atoms with Crippen molar-refractivity contribution in [3.8, 4) is 0 Å². The molecule has 0 amide bonds. The first-order chi connectivity index (χ1) is 17.2. The fraction of sp³-hybridized carbons (Fsp3) is 0.524. The van der Waals surface area contributed by atoms with Crippen LogP contribution in [0.4, 0.5) is 0 Å². The highest BCUT2D eigenvalue weighted by Crippen LogP contribution is 2.64. The van der Waals surface area contributed by atoms with Crippen LogP contribution in [0.1, 0.15) is 24.4 Å². The van der Waals surface area contributed by atoms with Crippen molar-refractivity contribution in [2.45, 2.75) is 37.7 Å². The summed E-state index contributed by atoms with van der Waals surface area (Å²) in [7, 11) is -8.01. The molecule has 1 aromatic heterocycles. The number of hydrogen-bond acceptors (Lipinski definition) is 8. The maximum Gasteiger partial charge on any atom is 0.340 e. The van der Waals surface area contributed by atoms with Gasteiger partial charge in [-0.05, 0) is 36.5 Å². The van der Waals surface area contributed by atoms with Gasteiger partial charge >= 0.3 is 20.9 Å². The van der Waals surface area contributed by atoms with E-state index < -0.39 is 63.0 Å². The lowest BCUT2D eigenvalue weighted by atomic mass is 9.60. The number of hydrogen-bond donors (Lipinski definition) is 5. The van der Waals surface area contributed by atoms with Gasteiger partial charge in [-0.3, -0.25) is 18.3 Å². The molecule has 2 saturated carbocycles. The molecule has 0 radical (unpaired) electrons. The van der Waals surface area contributed by atoms with Gasteiger partial charge in [-0.15, -0.1) is 0 Å². The molecule has 2 aliphatic carbocycles. The Hall–Kier alpha value is -1.79. The van der Waals surface area contributed by atoms with Crippen molar-refractivity contribution in [1.82, 2.24) is 9.13 Å². The average Bonchev–Trinajstić information content (AvgIpc) is 2.92. The topological polar surface area (TPSA) is 193 Å². The summed E-state index contributed by atoms with van der Waals surface area (Å²) in [6.45, 7) is -0.359. The van der Waals surface area contributed by atoms with Crippen LogP contribution >= 0.6 is 26.8 Å². The molecule has 0 spiro atoms. The van der Waals surface area contributed by atoms with Crippen LogP contribution < -0.4 is 11.2 Å². The minimum absolute atomic E-state index is 0.148. The Kier molecular flexibility index (Phi) is 7.94. The molecule has 1 aromatic carbocycles. The van der Waals surface area contributed by atoms with Gasteiger partial charge in [0.2, 0.25) is 0 Å². The molecule has 16 heteroatoms. The second kappa shape index (κ2) is 10.4. The van der Waals surface area contributed by atoms with Crippen LogP contribution in [0.2, 0.25) is 5.02 Å². The largest absolute Gasteiger partial charge is 0.390 e. The molecule has 0 bridgehead atoms. The maximum absolute atomic E-state index is 13.2. The zero-order valence-electron chi connectivity index (χ0n) is 19.7. The SMILES string of the molecule is Cn1c(=O)n([C@H]2C(O)C(O)[C@]3(COP(=O)(O)CP(=O)(O)O)CC[C@H]23)cc/c1=N/OCc1ccc(Cl)cc1. The number of aliphatic hydroxyl groups excluding tert-OH is 2. The number of aliphatic hydroxyl groups is 2. The Labute approximate surface area is 216 Å². The number of aromatic nitrogens is 2. The molecular formula is C21H28ClN3O10P2. The Morgan fingerprint density at radius 2 is 1.84 bits per heavy atom. The van der Waals surface area contributed by atoms with Crippen molar-refractivity contribution < 1.29 is 43.4 Å². The number of fused-ring (bicyclic) bond motifs is 1. The minimum Gasteiger partial charge on any atom is -0.390 e. The van der Waals surface area contributed by atoms with Crippen LogP contribution in [0.3, 0.4) is 0 Å². The number of benzene rings is 1. The van der Waals surface area contributed by atoms with E-state index in [4.69, 9.17) is 30.7 Å². The molecule has 2 fully saturated rings. The Morgan fingerprint density at radius 3 is 2.43 bits per heavy atom. The summed E-state index contributed by atoms with van der Waals surface area (Å²) in [5.41, 5.74) is -0.653. The maximum atomic E-state index is 13.2. The lowest BCUT2D eigenvalue weighted by Crippen LogP contribution is -2.49. The lowest BCUT2D eigenvalue weighted by molar-refractivity contribution is -0.0944. The zero-order chi connectivity index (χ0) is 27.2. The number of nitrogens with zero attached hydrogens (tertiary/aromatic N) is 3. The van der Waals surface area contributed by atoms with Crippen LogP contribution in [0.15, 0.2) is 46.5 Å². The van der Waals surface area contributed by atoms with Crippen LogP contribution in [0, 0.1) is 11.3 Å². The first kappa shape index (κ1) is 28.2. The van der Waals surface area contributed by atoms with Crippen molar-refractivity contribution >= 4 is 26.8 Å². The van der Waals surface area contributed by atoms with Crippen molar-refractivity contribution in [2.75, 3.05) is 12.5 Å². The normalized spacial score (nSPS) is 29.4. The third-order valence-corrected chi connectivity index (χ3v) is 10.8. The van der Waals surface area contributed by atoms with E-state index in [-0.39, 0.29) is 12.1 Å². The molecule has 13 nitrogen and oxygen atoms in total. The summed E-state index contributed by atoms with van der Waals surface area (Å²) < 4.78 is 30.8. The van der Waals surface area contributed by atoms with E-state index in [0.29, 0.717) is 17.9 Å². The van der Waals surface area contributed by atoms with Crippen molar-refractivity contribution in [2.24, 2.45) is 23.5 Å². The first-order valence-corrected chi connectivity index (χ1v) is 15.2. The van der Waals surface area contributed by atoms with Gasteiger partial charge in [0.05, 0.1) is 18.8 Å². The molecule has 6 atom stereocenters. The van der Waals surface area contributed by atoms with Crippen LogP contribution in [0.5, 0.6) is 0 Å². The molecule has 5 N–H and O–H groups in total. The number of rotatable bonds is 9. The Morgan fingerprint density at radius 1 is 1.16 bits per heavy atom. The van der Waals surface area contributed by atoms with Gasteiger partial charge in [0.25, 0.3) is 0 Å². The zero-order valence-corrected chi connectivity index (χ0v) is 22.2. The molecular weight excluding hydrogens is 552 g/mol. The molecule has 2 aromatic rings. The van der Waals surface area contributed by atoms with Crippen molar-refractivity contribution in [3.63, 3.8) is 0 Å². The highest BCUT2D eigenvalue weighted by Gasteiger charge is 2.65. The smallest absolute Gasteiger partial charge is 0.340 e. The van der Waals surface area contributed by atoms with E-state index >= 15 is 0 Å². The Balaban J connectivity index is 1.53. The fourth-order valence-corrected chi connectivity index (χ4v) is 7.87. The summed E-state index contributed by atoms with van der Waals surface area (Å²) in [6, 6.07) is 7.63. The van der Waals surface area contributed by atoms with E-state index in [1.54, 1.807) is 24.3 Å². The third kappa shape index (κ3) is 5.80. The van der Waals surface area contributed by atoms with Crippen molar-refractivity contribution in [3.05, 3.63) is 63.1 Å². The highest BCUT2D eigenvalue weighted by molar-refractivity contribution is 7.70. The van der Waals surface area contributed by atoms with Crippen LogP contribution in [0.25, 0.3) is 0 Å². The van der Waals surface area contributed by atoms with Crippen LogP contribution in [-0.4, -0.2) is 58.7 Å². The highest BCUT2D eigenvalue weighted by atomic mass is 35.5. The Bertz CT molecular complexity index is 1370. The second-order valence-electron chi connectivity index (χ2n) is 9.44. The molecule has 3 unspecified atom stereocenters. The van der Waals surface area contributed by atoms with Gasteiger partial charge in [-0.25, -0.2) is 4.79 Å². The van der Waals surface area contributed by atoms with Gasteiger partial charge in [0, 0.05) is 29.7 Å². The fourth-order valence-electron chi connectivity index (χ4n) is 5.11. The summed E-state index contributed by atoms with van der Waals surface area (Å²) >= 11 is 5.86. The summed E-state index contributed by atoms with van der Waals surface area (Å²) in [5.74, 6) is -1.85. The van der Waals surface area contributed by atoms with Crippen LogP contribution in [-0.2, 0) is 32.1 Å². The molecule has 204 valence electrons. The summed E-state index contributed by atoms with van der Waals surface area (Å²) in [6.07, 6.45) is -0.543. The molecule has 4 rings (SSSR count). The van der Waals surface area contributed by atoms with Gasteiger partial charge in [0.15, 0.2) is 11.4 Å². The summed E-state index contributed by atoms with van der Waals surface area (Å²) in [4.78, 5) is 46.4. The van der Waals surface area contributed by atoms with E-state index in [1.165, 1.54) is 28.4 Å². The number of halogens is 1. The molecule has 2 aliphatic rings. The molecule has 0 aliphatic heterocycles. The van der Waals surface area contributed by atoms with Gasteiger partial charge < -0.3 is 34.3 Å². The third-order valence-electron chi connectivity index (χ3n) is 7.09. The standard InChI is InChI=1S/C21H28ClN3O10P2/c1-24-16(23-34-10-13-2-4-14(22)5-3-13)7-9-25(20(24)28)17-15-6-8-21(15,19(27)18(17)26)11-35-37(32,33)12-36(29,30)31/h2-5,7,9,15,17-19,26-27H,6,8,10-12H2,1H3,(H,32,33)(H2,29,30,31)/b23-16-/t15-,17-,18?,19?,21+/m1/s1. The van der Waals surface area contributed by atoms with Gasteiger partial charge in [-0.2, -0.15) is 0 Å². The van der Waals surface area contributed by atoms with Crippen molar-refractivity contribution in [1.29, 1.82) is 0 Å². The molecule has 0 saturated heterocycles. The lowest BCUT2D eigenvalue weighted by Gasteiger charge is -2.47. The second-order valence-corrected chi connectivity index (χ2v) is 13.9. The van der Waals surface area contributed by atoms with Gasteiger partial charge in [0.1, 0.15) is 12.7 Å². The van der Waals surface area contributed by atoms with Gasteiger partial charge in [-0.1, -0.05) is 28.9 Å². The predicted octanol–water partition coefficient (Wildman–Crippen LogP) is 0.883. The monoisotopic (exact) mass is 579 g/mol. The van der Waals surface area contributed by atoms with E-state index in [9.17, 15) is 29.0 Å². The first-order valence-electron chi connectivity index (χ1n) is 11.3. The van der Waals surface area contributed by atoms with E-state index in [1.807, 2.05) is 0 Å². The minimum atomic E-state index is -4.82.